The number of benzene rings is 1. The van der Waals surface area contributed by atoms with Crippen molar-refractivity contribution in [1.29, 1.82) is 0 Å². The summed E-state index contributed by atoms with van der Waals surface area (Å²) in [6.07, 6.45) is 0. The maximum atomic E-state index is 12.1. The molecule has 2 aromatic rings. The molecule has 1 heterocycles. The molecule has 0 saturated heterocycles. The van der Waals surface area contributed by atoms with Gasteiger partial charge in [-0.05, 0) is 46.9 Å². The van der Waals surface area contributed by atoms with Crippen molar-refractivity contribution in [2.24, 2.45) is 0 Å². The number of likely N-dealkylation sites (N-methyl/N-ethyl adjacent to an activating group) is 1. The Morgan fingerprint density at radius 1 is 1.25 bits per heavy atom. The van der Waals surface area contributed by atoms with Gasteiger partial charge in [0.05, 0.1) is 22.8 Å². The fraction of sp³-hybridized carbons (Fsp3) is 0.444. The molecule has 0 aliphatic heterocycles. The predicted molar refractivity (Wildman–Crippen MR) is 97.8 cm³/mol. The summed E-state index contributed by atoms with van der Waals surface area (Å²) in [7, 11) is 2.04. The monoisotopic (exact) mass is 329 g/mol. The quantitative estimate of drug-likeness (QED) is 0.856. The number of amides is 2. The summed E-state index contributed by atoms with van der Waals surface area (Å²) in [6, 6.07) is 10.1. The lowest BCUT2D eigenvalue weighted by Crippen LogP contribution is -2.38. The molecule has 6 heteroatoms. The summed E-state index contributed by atoms with van der Waals surface area (Å²) < 4.78 is 1.84. The first-order chi connectivity index (χ1) is 11.4. The predicted octanol–water partition coefficient (Wildman–Crippen LogP) is 2.95. The molecule has 0 fully saturated rings. The van der Waals surface area contributed by atoms with Crippen LogP contribution in [-0.2, 0) is 0 Å². The molecular formula is C18H27N5O. The Labute approximate surface area is 143 Å². The highest BCUT2D eigenvalue weighted by molar-refractivity contribution is 5.90. The lowest BCUT2D eigenvalue weighted by atomic mass is 10.3. The van der Waals surface area contributed by atoms with E-state index in [1.165, 1.54) is 0 Å². The third-order valence-corrected chi connectivity index (χ3v) is 4.16. The minimum Gasteiger partial charge on any atom is -0.337 e. The molecule has 1 aromatic heterocycles. The van der Waals surface area contributed by atoms with E-state index in [0.717, 1.165) is 29.3 Å². The number of hydrogen-bond acceptors (Lipinski definition) is 3. The van der Waals surface area contributed by atoms with E-state index in [4.69, 9.17) is 0 Å². The third-order valence-electron chi connectivity index (χ3n) is 4.16. The minimum atomic E-state index is -0.203. The van der Waals surface area contributed by atoms with Crippen LogP contribution in [-0.4, -0.2) is 46.9 Å². The van der Waals surface area contributed by atoms with Crippen molar-refractivity contribution in [2.75, 3.05) is 25.5 Å². The maximum absolute atomic E-state index is 12.1. The second-order valence-corrected chi connectivity index (χ2v) is 6.25. The van der Waals surface area contributed by atoms with E-state index in [9.17, 15) is 4.79 Å². The van der Waals surface area contributed by atoms with Crippen molar-refractivity contribution in [3.63, 3.8) is 0 Å². The molecule has 0 aliphatic rings. The number of nitrogens with one attached hydrogen (secondary N) is 2. The largest absolute Gasteiger partial charge is 0.337 e. The summed E-state index contributed by atoms with van der Waals surface area (Å²) in [5.41, 5.74) is 3.44. The fourth-order valence-corrected chi connectivity index (χ4v) is 2.41. The molecule has 0 atom stereocenters. The number of aromatic nitrogens is 2. The van der Waals surface area contributed by atoms with Crippen LogP contribution in [0.25, 0.3) is 5.69 Å². The Bertz CT molecular complexity index is 678. The van der Waals surface area contributed by atoms with Gasteiger partial charge in [-0.3, -0.25) is 0 Å². The van der Waals surface area contributed by atoms with Gasteiger partial charge in [0.2, 0.25) is 0 Å². The van der Waals surface area contributed by atoms with Gasteiger partial charge in [0.25, 0.3) is 0 Å². The lowest BCUT2D eigenvalue weighted by Gasteiger charge is -2.20. The topological polar surface area (TPSA) is 62.2 Å². The Kier molecular flexibility index (Phi) is 5.98. The number of urea groups is 1. The van der Waals surface area contributed by atoms with E-state index in [1.807, 2.05) is 55.9 Å². The maximum Gasteiger partial charge on any atom is 0.319 e. The van der Waals surface area contributed by atoms with Gasteiger partial charge in [0, 0.05) is 19.1 Å². The van der Waals surface area contributed by atoms with Crippen molar-refractivity contribution in [3.8, 4) is 5.69 Å². The molecule has 2 N–H and O–H groups in total. The van der Waals surface area contributed by atoms with Crippen molar-refractivity contribution < 1.29 is 4.79 Å². The average Bonchev–Trinajstić information content (AvgIpc) is 2.83. The second-order valence-electron chi connectivity index (χ2n) is 6.25. The minimum absolute atomic E-state index is 0.203. The van der Waals surface area contributed by atoms with E-state index in [-0.39, 0.29) is 6.03 Å². The Morgan fingerprint density at radius 3 is 2.54 bits per heavy atom. The van der Waals surface area contributed by atoms with E-state index in [0.29, 0.717) is 12.6 Å². The van der Waals surface area contributed by atoms with Crippen molar-refractivity contribution >= 4 is 11.7 Å². The van der Waals surface area contributed by atoms with Crippen molar-refractivity contribution in [2.45, 2.75) is 33.7 Å². The van der Waals surface area contributed by atoms with E-state index in [1.54, 1.807) is 0 Å². The normalized spacial score (nSPS) is 11.1. The summed E-state index contributed by atoms with van der Waals surface area (Å²) in [5.74, 6) is 0. The van der Waals surface area contributed by atoms with Crippen molar-refractivity contribution in [3.05, 3.63) is 41.7 Å². The SMILES string of the molecule is Cc1nn(-c2ccccc2)c(C)c1NC(=O)NCCN(C)C(C)C. The lowest BCUT2D eigenvalue weighted by molar-refractivity contribution is 0.244. The summed E-state index contributed by atoms with van der Waals surface area (Å²) in [4.78, 5) is 14.3. The summed E-state index contributed by atoms with van der Waals surface area (Å²) in [5, 5.41) is 10.3. The number of anilines is 1. The molecule has 24 heavy (non-hydrogen) atoms. The zero-order valence-electron chi connectivity index (χ0n) is 15.1. The Morgan fingerprint density at radius 2 is 1.92 bits per heavy atom. The number of carbonyl (C=O) groups is 1. The van der Waals surface area contributed by atoms with Gasteiger partial charge in [-0.1, -0.05) is 18.2 Å². The number of carbonyl (C=O) groups excluding carboxylic acids is 1. The smallest absolute Gasteiger partial charge is 0.319 e. The highest BCUT2D eigenvalue weighted by atomic mass is 16.2. The summed E-state index contributed by atoms with van der Waals surface area (Å²) in [6.45, 7) is 9.52. The zero-order valence-corrected chi connectivity index (χ0v) is 15.1. The van der Waals surface area contributed by atoms with Crippen LogP contribution in [0.2, 0.25) is 0 Å². The van der Waals surface area contributed by atoms with Gasteiger partial charge in [-0.15, -0.1) is 0 Å². The number of para-hydroxylation sites is 1. The number of rotatable bonds is 6. The standard InChI is InChI=1S/C18H27N5O/c1-13(2)22(5)12-11-19-18(24)20-17-14(3)21-23(15(17)4)16-9-7-6-8-10-16/h6-10,13H,11-12H2,1-5H3,(H2,19,20,24). The summed E-state index contributed by atoms with van der Waals surface area (Å²) >= 11 is 0. The average molecular weight is 329 g/mol. The first-order valence-corrected chi connectivity index (χ1v) is 8.27. The molecule has 0 radical (unpaired) electrons. The van der Waals surface area contributed by atoms with E-state index in [2.05, 4.69) is 34.5 Å². The van der Waals surface area contributed by atoms with E-state index >= 15 is 0 Å². The molecule has 2 amide bonds. The van der Waals surface area contributed by atoms with Crippen LogP contribution in [0.4, 0.5) is 10.5 Å². The van der Waals surface area contributed by atoms with Gasteiger partial charge in [0.15, 0.2) is 0 Å². The zero-order chi connectivity index (χ0) is 17.7. The highest BCUT2D eigenvalue weighted by Crippen LogP contribution is 2.22. The van der Waals surface area contributed by atoms with Gasteiger partial charge < -0.3 is 15.5 Å². The van der Waals surface area contributed by atoms with Crippen LogP contribution in [0.1, 0.15) is 25.2 Å². The first-order valence-electron chi connectivity index (χ1n) is 8.27. The Hall–Kier alpha value is -2.34. The molecule has 1 aromatic carbocycles. The highest BCUT2D eigenvalue weighted by Gasteiger charge is 2.15. The van der Waals surface area contributed by atoms with Crippen LogP contribution in [0.15, 0.2) is 30.3 Å². The van der Waals surface area contributed by atoms with Gasteiger partial charge in [-0.25, -0.2) is 9.48 Å². The molecule has 2 rings (SSSR count). The second kappa shape index (κ2) is 7.97. The molecule has 0 aliphatic carbocycles. The molecule has 0 saturated carbocycles. The Balaban J connectivity index is 2.00. The molecule has 0 unspecified atom stereocenters. The molecule has 130 valence electrons. The van der Waals surface area contributed by atoms with Crippen LogP contribution < -0.4 is 10.6 Å². The molecule has 0 bridgehead atoms. The van der Waals surface area contributed by atoms with E-state index < -0.39 is 0 Å². The fourth-order valence-electron chi connectivity index (χ4n) is 2.41. The third kappa shape index (κ3) is 4.35. The molecular weight excluding hydrogens is 302 g/mol. The van der Waals surface area contributed by atoms with Crippen LogP contribution >= 0.6 is 0 Å². The number of hydrogen-bond donors (Lipinski definition) is 2. The van der Waals surface area contributed by atoms with Crippen LogP contribution in [0, 0.1) is 13.8 Å². The molecule has 6 nitrogen and oxygen atoms in total. The first kappa shape index (κ1) is 18.0. The number of nitrogens with zero attached hydrogens (tertiary/aromatic N) is 3. The van der Waals surface area contributed by atoms with Crippen molar-refractivity contribution in [1.82, 2.24) is 20.0 Å². The van der Waals surface area contributed by atoms with Crippen LogP contribution in [0.3, 0.4) is 0 Å². The van der Waals surface area contributed by atoms with Crippen LogP contribution in [0.5, 0.6) is 0 Å². The van der Waals surface area contributed by atoms with Gasteiger partial charge in [0.1, 0.15) is 0 Å². The van der Waals surface area contributed by atoms with Gasteiger partial charge >= 0.3 is 6.03 Å². The molecule has 0 spiro atoms. The number of aryl methyl sites for hydroxylation is 1. The van der Waals surface area contributed by atoms with Gasteiger partial charge in [-0.2, -0.15) is 5.10 Å².